The van der Waals surface area contributed by atoms with Crippen LogP contribution in [0.1, 0.15) is 35.7 Å². The summed E-state index contributed by atoms with van der Waals surface area (Å²) in [6.07, 6.45) is 2.60. The molecule has 0 atom stereocenters. The van der Waals surface area contributed by atoms with Crippen LogP contribution in [0.5, 0.6) is 0 Å². The lowest BCUT2D eigenvalue weighted by molar-refractivity contribution is -0.605. The minimum absolute atomic E-state index is 0.286. The Morgan fingerprint density at radius 1 is 1.26 bits per heavy atom. The summed E-state index contributed by atoms with van der Waals surface area (Å²) < 4.78 is 0.611. The molecule has 0 fully saturated rings. The van der Waals surface area contributed by atoms with E-state index in [9.17, 15) is 10.0 Å². The van der Waals surface area contributed by atoms with Gasteiger partial charge in [0.15, 0.2) is 12.4 Å². The van der Waals surface area contributed by atoms with Crippen molar-refractivity contribution in [2.75, 3.05) is 5.32 Å². The maximum Gasteiger partial charge on any atom is 0.261 e. The van der Waals surface area contributed by atoms with Crippen LogP contribution in [0.4, 0.5) is 5.69 Å². The van der Waals surface area contributed by atoms with Crippen molar-refractivity contribution in [1.29, 1.82) is 0 Å². The molecule has 2 aromatic rings. The summed E-state index contributed by atoms with van der Waals surface area (Å²) in [4.78, 5) is 12.0. The first-order valence-electron chi connectivity index (χ1n) is 6.16. The zero-order chi connectivity index (χ0) is 13.8. The van der Waals surface area contributed by atoms with Crippen molar-refractivity contribution in [2.24, 2.45) is 0 Å². The SMILES string of the molecule is CC(C)c1cccc(NC(=O)c2ccc[n+]([O-])c2)c1. The summed E-state index contributed by atoms with van der Waals surface area (Å²) in [5, 5.41) is 13.9. The molecule has 2 rings (SSSR count). The van der Waals surface area contributed by atoms with E-state index in [4.69, 9.17) is 0 Å². The maximum absolute atomic E-state index is 12.0. The van der Waals surface area contributed by atoms with Gasteiger partial charge in [-0.25, -0.2) is 0 Å². The molecule has 0 bridgehead atoms. The molecule has 0 radical (unpaired) electrons. The fraction of sp³-hybridized carbons (Fsp3) is 0.200. The third kappa shape index (κ3) is 3.31. The van der Waals surface area contributed by atoms with Gasteiger partial charge in [-0.15, -0.1) is 0 Å². The summed E-state index contributed by atoms with van der Waals surface area (Å²) >= 11 is 0. The molecule has 0 aliphatic carbocycles. The highest BCUT2D eigenvalue weighted by Gasteiger charge is 2.09. The highest BCUT2D eigenvalue weighted by atomic mass is 16.5. The second-order valence-electron chi connectivity index (χ2n) is 4.69. The quantitative estimate of drug-likeness (QED) is 0.678. The largest absolute Gasteiger partial charge is 0.619 e. The van der Waals surface area contributed by atoms with Crippen molar-refractivity contribution in [3.8, 4) is 0 Å². The van der Waals surface area contributed by atoms with Gasteiger partial charge in [0, 0.05) is 11.8 Å². The fourth-order valence-electron chi connectivity index (χ4n) is 1.77. The van der Waals surface area contributed by atoms with E-state index < -0.39 is 0 Å². The molecule has 19 heavy (non-hydrogen) atoms. The van der Waals surface area contributed by atoms with Crippen LogP contribution >= 0.6 is 0 Å². The number of carbonyl (C=O) groups excluding carboxylic acids is 1. The van der Waals surface area contributed by atoms with Crippen molar-refractivity contribution in [3.05, 3.63) is 65.1 Å². The number of hydrogen-bond donors (Lipinski definition) is 1. The predicted molar refractivity (Wildman–Crippen MR) is 73.9 cm³/mol. The van der Waals surface area contributed by atoms with E-state index in [-0.39, 0.29) is 5.91 Å². The van der Waals surface area contributed by atoms with Crippen LogP contribution in [0.25, 0.3) is 0 Å². The molecule has 0 aliphatic heterocycles. The van der Waals surface area contributed by atoms with Gasteiger partial charge in [0.1, 0.15) is 5.56 Å². The third-order valence-corrected chi connectivity index (χ3v) is 2.85. The summed E-state index contributed by atoms with van der Waals surface area (Å²) in [6, 6.07) is 10.9. The van der Waals surface area contributed by atoms with Gasteiger partial charge in [-0.2, -0.15) is 4.73 Å². The number of rotatable bonds is 3. The van der Waals surface area contributed by atoms with Gasteiger partial charge in [0.25, 0.3) is 5.91 Å². The van der Waals surface area contributed by atoms with E-state index in [1.807, 2.05) is 24.3 Å². The van der Waals surface area contributed by atoms with Crippen LogP contribution in [0.15, 0.2) is 48.8 Å². The molecule has 4 heteroatoms. The smallest absolute Gasteiger partial charge is 0.261 e. The first-order valence-corrected chi connectivity index (χ1v) is 6.16. The summed E-state index contributed by atoms with van der Waals surface area (Å²) in [6.45, 7) is 4.19. The Labute approximate surface area is 112 Å². The van der Waals surface area contributed by atoms with E-state index >= 15 is 0 Å². The van der Waals surface area contributed by atoms with Crippen LogP contribution in [0.3, 0.4) is 0 Å². The summed E-state index contributed by atoms with van der Waals surface area (Å²) in [7, 11) is 0. The molecule has 1 amide bonds. The number of nitrogens with zero attached hydrogens (tertiary/aromatic N) is 1. The van der Waals surface area contributed by atoms with E-state index in [2.05, 4.69) is 19.2 Å². The molecular formula is C15H16N2O2. The number of hydrogen-bond acceptors (Lipinski definition) is 2. The Kier molecular flexibility index (Phi) is 3.80. The lowest BCUT2D eigenvalue weighted by atomic mass is 10.0. The maximum atomic E-state index is 12.0. The molecule has 0 saturated carbocycles. The highest BCUT2D eigenvalue weighted by Crippen LogP contribution is 2.18. The Hall–Kier alpha value is -2.36. The normalized spacial score (nSPS) is 10.5. The molecule has 0 aliphatic rings. The van der Waals surface area contributed by atoms with Crippen molar-refractivity contribution in [3.63, 3.8) is 0 Å². The van der Waals surface area contributed by atoms with Crippen molar-refractivity contribution < 1.29 is 9.52 Å². The first-order chi connectivity index (χ1) is 9.06. The summed E-state index contributed by atoms with van der Waals surface area (Å²) in [5.41, 5.74) is 2.23. The number of benzene rings is 1. The number of nitrogens with one attached hydrogen (secondary N) is 1. The molecular weight excluding hydrogens is 240 g/mol. The average molecular weight is 256 g/mol. The molecule has 1 N–H and O–H groups in total. The number of pyridine rings is 1. The monoisotopic (exact) mass is 256 g/mol. The molecule has 0 saturated heterocycles. The fourth-order valence-corrected chi connectivity index (χ4v) is 1.77. The van der Waals surface area contributed by atoms with Gasteiger partial charge in [-0.1, -0.05) is 26.0 Å². The van der Waals surface area contributed by atoms with E-state index in [0.29, 0.717) is 16.2 Å². The van der Waals surface area contributed by atoms with Crippen molar-refractivity contribution in [1.82, 2.24) is 0 Å². The van der Waals surface area contributed by atoms with Crippen molar-refractivity contribution in [2.45, 2.75) is 19.8 Å². The topological polar surface area (TPSA) is 56.0 Å². The van der Waals surface area contributed by atoms with Crippen LogP contribution in [-0.4, -0.2) is 5.91 Å². The zero-order valence-corrected chi connectivity index (χ0v) is 11.0. The number of aromatic nitrogens is 1. The minimum Gasteiger partial charge on any atom is -0.619 e. The highest BCUT2D eigenvalue weighted by molar-refractivity contribution is 6.03. The Balaban J connectivity index is 2.17. The van der Waals surface area contributed by atoms with Gasteiger partial charge in [0.05, 0.1) is 0 Å². The number of carbonyl (C=O) groups is 1. The molecule has 0 unspecified atom stereocenters. The Morgan fingerprint density at radius 3 is 2.74 bits per heavy atom. The lowest BCUT2D eigenvalue weighted by Crippen LogP contribution is -2.27. The molecule has 4 nitrogen and oxygen atoms in total. The molecule has 1 heterocycles. The van der Waals surface area contributed by atoms with E-state index in [1.54, 1.807) is 12.1 Å². The van der Waals surface area contributed by atoms with Gasteiger partial charge >= 0.3 is 0 Å². The standard InChI is InChI=1S/C15H16N2O2/c1-11(2)12-5-3-7-14(9-12)16-15(18)13-6-4-8-17(19)10-13/h3-11H,1-2H3,(H,16,18). The zero-order valence-electron chi connectivity index (χ0n) is 11.0. The molecule has 1 aromatic carbocycles. The molecule has 0 spiro atoms. The Bertz CT molecular complexity index is 594. The van der Waals surface area contributed by atoms with Crippen LogP contribution in [0.2, 0.25) is 0 Å². The van der Waals surface area contributed by atoms with E-state index in [0.717, 1.165) is 11.3 Å². The van der Waals surface area contributed by atoms with Crippen molar-refractivity contribution >= 4 is 11.6 Å². The van der Waals surface area contributed by atoms with Crippen LogP contribution < -0.4 is 10.0 Å². The van der Waals surface area contributed by atoms with Crippen LogP contribution in [0, 0.1) is 5.21 Å². The number of anilines is 1. The average Bonchev–Trinajstić information content (AvgIpc) is 2.39. The Morgan fingerprint density at radius 2 is 2.05 bits per heavy atom. The minimum atomic E-state index is -0.286. The van der Waals surface area contributed by atoms with Gasteiger partial charge in [0.2, 0.25) is 0 Å². The van der Waals surface area contributed by atoms with Crippen LogP contribution in [-0.2, 0) is 0 Å². The van der Waals surface area contributed by atoms with E-state index in [1.165, 1.54) is 12.4 Å². The molecule has 1 aromatic heterocycles. The van der Waals surface area contributed by atoms with Gasteiger partial charge in [-0.3, -0.25) is 4.79 Å². The number of amides is 1. The predicted octanol–water partition coefficient (Wildman–Crippen LogP) is 2.70. The van der Waals surface area contributed by atoms with Gasteiger partial charge in [-0.05, 0) is 29.7 Å². The third-order valence-electron chi connectivity index (χ3n) is 2.85. The van der Waals surface area contributed by atoms with Gasteiger partial charge < -0.3 is 10.5 Å². The second-order valence-corrected chi connectivity index (χ2v) is 4.69. The lowest BCUT2D eigenvalue weighted by Gasteiger charge is -2.09. The second kappa shape index (κ2) is 5.52. The first kappa shape index (κ1) is 13.1. The molecule has 98 valence electrons. The summed E-state index contributed by atoms with van der Waals surface area (Å²) in [5.74, 6) is 0.114.